The van der Waals surface area contributed by atoms with Gasteiger partial charge >= 0.3 is 6.09 Å². The number of amides is 1. The number of nitrogens with one attached hydrogen (secondary N) is 1. The van der Waals surface area contributed by atoms with Gasteiger partial charge in [-0.2, -0.15) is 0 Å². The Kier molecular flexibility index (Phi) is 3.91. The number of carbonyl (C=O) groups is 1. The monoisotopic (exact) mass is 253 g/mol. The number of cyclic esters (lactones) is 1. The summed E-state index contributed by atoms with van der Waals surface area (Å²) in [6.07, 6.45) is -0.863. The van der Waals surface area contributed by atoms with Crippen molar-refractivity contribution in [1.82, 2.24) is 5.32 Å². The Balaban J connectivity index is 1.90. The lowest BCUT2D eigenvalue weighted by atomic mass is 10.1. The molecule has 92 valence electrons. The molecule has 1 aromatic rings. The van der Waals surface area contributed by atoms with Crippen LogP contribution in [0.4, 0.5) is 4.79 Å². The summed E-state index contributed by atoms with van der Waals surface area (Å²) >= 11 is 1.62. The van der Waals surface area contributed by atoms with Crippen molar-refractivity contribution in [1.29, 1.82) is 0 Å². The molecular weight excluding hydrogens is 238 g/mol. The molecule has 0 aromatic heterocycles. The highest BCUT2D eigenvalue weighted by Gasteiger charge is 2.22. The average molecular weight is 253 g/mol. The first kappa shape index (κ1) is 12.3. The van der Waals surface area contributed by atoms with Crippen molar-refractivity contribution in [3.63, 3.8) is 0 Å². The smallest absolute Gasteiger partial charge is 0.407 e. The molecular formula is C12H15NO3S. The van der Waals surface area contributed by atoms with E-state index in [-0.39, 0.29) is 12.2 Å². The van der Waals surface area contributed by atoms with E-state index in [4.69, 9.17) is 4.74 Å². The highest BCUT2D eigenvalue weighted by Crippen LogP contribution is 2.24. The quantitative estimate of drug-likeness (QED) is 0.805. The van der Waals surface area contributed by atoms with Crippen molar-refractivity contribution in [2.45, 2.75) is 24.0 Å². The fraction of sp³-hybridized carbons (Fsp3) is 0.417. The number of ether oxygens (including phenoxy) is 1. The molecule has 4 nitrogen and oxygen atoms in total. The summed E-state index contributed by atoms with van der Waals surface area (Å²) in [5.41, 5.74) is 0.900. The van der Waals surface area contributed by atoms with Gasteiger partial charge in [-0.25, -0.2) is 4.79 Å². The number of rotatable bonds is 4. The molecule has 5 heteroatoms. The number of hydrogen-bond donors (Lipinski definition) is 2. The fourth-order valence-electron chi connectivity index (χ4n) is 1.58. The molecule has 1 aliphatic heterocycles. The summed E-state index contributed by atoms with van der Waals surface area (Å²) in [5.74, 6) is 0.724. The Labute approximate surface area is 104 Å². The normalized spacial score (nSPS) is 20.8. The number of alkyl carbamates (subject to hydrolysis) is 1. The number of thioether (sulfide) groups is 1. The molecule has 0 bridgehead atoms. The third kappa shape index (κ3) is 3.38. The Hall–Kier alpha value is -1.20. The van der Waals surface area contributed by atoms with E-state index in [0.717, 1.165) is 16.2 Å². The van der Waals surface area contributed by atoms with Crippen LogP contribution in [-0.2, 0) is 4.74 Å². The summed E-state index contributed by atoms with van der Waals surface area (Å²) in [5, 5.41) is 12.1. The van der Waals surface area contributed by atoms with Crippen LogP contribution in [-0.4, -0.2) is 29.6 Å². The van der Waals surface area contributed by atoms with E-state index in [1.165, 1.54) is 0 Å². The van der Waals surface area contributed by atoms with Gasteiger partial charge in [0.2, 0.25) is 0 Å². The first-order valence-electron chi connectivity index (χ1n) is 5.50. The van der Waals surface area contributed by atoms with Gasteiger partial charge in [0.05, 0.1) is 12.6 Å². The van der Waals surface area contributed by atoms with Gasteiger partial charge in [-0.1, -0.05) is 12.1 Å². The molecule has 1 amide bonds. The minimum atomic E-state index is -0.457. The van der Waals surface area contributed by atoms with Gasteiger partial charge in [0.25, 0.3) is 0 Å². The molecule has 2 rings (SSSR count). The van der Waals surface area contributed by atoms with Crippen molar-refractivity contribution in [2.24, 2.45) is 0 Å². The number of benzene rings is 1. The molecule has 17 heavy (non-hydrogen) atoms. The first-order chi connectivity index (χ1) is 8.15. The molecule has 2 atom stereocenters. The maximum absolute atomic E-state index is 10.8. The molecule has 1 aliphatic rings. The van der Waals surface area contributed by atoms with E-state index in [1.54, 1.807) is 18.7 Å². The van der Waals surface area contributed by atoms with Gasteiger partial charge in [-0.3, -0.25) is 0 Å². The van der Waals surface area contributed by atoms with Crippen LogP contribution in [0, 0.1) is 0 Å². The SMILES string of the molecule is CC(O)c1cccc(SCC2CNC(=O)O2)c1. The van der Waals surface area contributed by atoms with E-state index >= 15 is 0 Å². The maximum Gasteiger partial charge on any atom is 0.407 e. The Morgan fingerprint density at radius 2 is 2.47 bits per heavy atom. The van der Waals surface area contributed by atoms with Crippen LogP contribution in [0.3, 0.4) is 0 Å². The second-order valence-electron chi connectivity index (χ2n) is 3.97. The third-order valence-electron chi connectivity index (χ3n) is 2.52. The average Bonchev–Trinajstić information content (AvgIpc) is 2.73. The van der Waals surface area contributed by atoms with Crippen molar-refractivity contribution < 1.29 is 14.6 Å². The Morgan fingerprint density at radius 3 is 3.12 bits per heavy atom. The summed E-state index contributed by atoms with van der Waals surface area (Å²) < 4.78 is 5.04. The van der Waals surface area contributed by atoms with Crippen LogP contribution in [0.2, 0.25) is 0 Å². The number of aliphatic hydroxyl groups excluding tert-OH is 1. The molecule has 2 unspecified atom stereocenters. The minimum absolute atomic E-state index is 0.0669. The van der Waals surface area contributed by atoms with Crippen molar-refractivity contribution in [3.05, 3.63) is 29.8 Å². The summed E-state index contributed by atoms with van der Waals surface area (Å²) in [6, 6.07) is 7.76. The Morgan fingerprint density at radius 1 is 1.65 bits per heavy atom. The highest BCUT2D eigenvalue weighted by atomic mass is 32.2. The molecule has 1 saturated heterocycles. The van der Waals surface area contributed by atoms with E-state index in [1.807, 2.05) is 24.3 Å². The zero-order valence-corrected chi connectivity index (χ0v) is 10.4. The second-order valence-corrected chi connectivity index (χ2v) is 5.06. The van der Waals surface area contributed by atoms with E-state index in [0.29, 0.717) is 6.54 Å². The molecule has 1 fully saturated rings. The van der Waals surface area contributed by atoms with Crippen molar-refractivity contribution >= 4 is 17.9 Å². The molecule has 1 aromatic carbocycles. The summed E-state index contributed by atoms with van der Waals surface area (Å²) in [7, 11) is 0. The summed E-state index contributed by atoms with van der Waals surface area (Å²) in [6.45, 7) is 2.31. The Bertz CT molecular complexity index is 408. The van der Waals surface area contributed by atoms with Crippen molar-refractivity contribution in [3.8, 4) is 0 Å². The van der Waals surface area contributed by atoms with Crippen molar-refractivity contribution in [2.75, 3.05) is 12.3 Å². The van der Waals surface area contributed by atoms with Crippen LogP contribution < -0.4 is 5.32 Å². The van der Waals surface area contributed by atoms with Crippen LogP contribution in [0.5, 0.6) is 0 Å². The predicted molar refractivity (Wildman–Crippen MR) is 66.1 cm³/mol. The largest absolute Gasteiger partial charge is 0.443 e. The number of carbonyl (C=O) groups excluding carboxylic acids is 1. The number of hydrogen-bond acceptors (Lipinski definition) is 4. The van der Waals surface area contributed by atoms with Crippen LogP contribution in [0.15, 0.2) is 29.2 Å². The lowest BCUT2D eigenvalue weighted by molar-refractivity contribution is 0.150. The van der Waals surface area contributed by atoms with Gasteiger partial charge in [-0.15, -0.1) is 11.8 Å². The number of aliphatic hydroxyl groups is 1. The van der Waals surface area contributed by atoms with Crippen LogP contribution >= 0.6 is 11.8 Å². The van der Waals surface area contributed by atoms with E-state index < -0.39 is 6.10 Å². The lowest BCUT2D eigenvalue weighted by Gasteiger charge is -2.09. The topological polar surface area (TPSA) is 58.6 Å². The lowest BCUT2D eigenvalue weighted by Crippen LogP contribution is -2.16. The van der Waals surface area contributed by atoms with Crippen LogP contribution in [0.25, 0.3) is 0 Å². The molecule has 0 saturated carbocycles. The zero-order valence-electron chi connectivity index (χ0n) is 9.55. The van der Waals surface area contributed by atoms with E-state index in [9.17, 15) is 9.90 Å². The van der Waals surface area contributed by atoms with Gasteiger partial charge in [0, 0.05) is 10.6 Å². The van der Waals surface area contributed by atoms with E-state index in [2.05, 4.69) is 5.32 Å². The predicted octanol–water partition coefficient (Wildman–Crippen LogP) is 1.94. The second kappa shape index (κ2) is 5.42. The molecule has 0 spiro atoms. The molecule has 0 aliphatic carbocycles. The minimum Gasteiger partial charge on any atom is -0.443 e. The van der Waals surface area contributed by atoms with Gasteiger partial charge in [0.15, 0.2) is 0 Å². The maximum atomic E-state index is 10.8. The standard InChI is InChI=1S/C12H15NO3S/c1-8(14)9-3-2-4-11(5-9)17-7-10-6-13-12(15)16-10/h2-5,8,10,14H,6-7H2,1H3,(H,13,15). The highest BCUT2D eigenvalue weighted by molar-refractivity contribution is 7.99. The third-order valence-corrected chi connectivity index (χ3v) is 3.65. The molecule has 2 N–H and O–H groups in total. The zero-order chi connectivity index (χ0) is 12.3. The first-order valence-corrected chi connectivity index (χ1v) is 6.49. The van der Waals surface area contributed by atoms with Gasteiger partial charge in [0.1, 0.15) is 6.10 Å². The van der Waals surface area contributed by atoms with Crippen LogP contribution in [0.1, 0.15) is 18.6 Å². The fourth-order valence-corrected chi connectivity index (χ4v) is 2.54. The summed E-state index contributed by atoms with van der Waals surface area (Å²) in [4.78, 5) is 11.9. The van der Waals surface area contributed by atoms with Gasteiger partial charge in [-0.05, 0) is 24.6 Å². The van der Waals surface area contributed by atoms with Gasteiger partial charge < -0.3 is 15.2 Å². The molecule has 1 heterocycles. The molecule has 0 radical (unpaired) electrons.